The number of nitrogens with one attached hydrogen (secondary N) is 2. The Balaban J connectivity index is 1.45. The number of aliphatic imine (C=N–C) groups is 1. The monoisotopic (exact) mass is 443 g/mol. The van der Waals surface area contributed by atoms with E-state index in [1.54, 1.807) is 16.9 Å². The van der Waals surface area contributed by atoms with Gasteiger partial charge >= 0.3 is 0 Å². The Kier molecular flexibility index (Phi) is 5.54. The molecule has 10 heteroatoms. The minimum atomic E-state index is -2.40. The van der Waals surface area contributed by atoms with Gasteiger partial charge in [-0.15, -0.1) is 5.10 Å². The quantitative estimate of drug-likeness (QED) is 0.620. The summed E-state index contributed by atoms with van der Waals surface area (Å²) in [5.74, 6) is -0.0164. The molecule has 1 saturated heterocycles. The molecule has 0 saturated carbocycles. The highest BCUT2D eigenvalue weighted by Crippen LogP contribution is 2.38. The summed E-state index contributed by atoms with van der Waals surface area (Å²) < 4.78 is 42.0. The maximum absolute atomic E-state index is 14.1. The van der Waals surface area contributed by atoms with Crippen LogP contribution in [0.4, 0.5) is 24.8 Å². The minimum Gasteiger partial charge on any atom is -0.346 e. The third-order valence-electron chi connectivity index (χ3n) is 6.01. The van der Waals surface area contributed by atoms with Crippen LogP contribution >= 0.6 is 0 Å². The third kappa shape index (κ3) is 4.06. The zero-order chi connectivity index (χ0) is 22.2. The second-order valence-electron chi connectivity index (χ2n) is 8.38. The van der Waals surface area contributed by atoms with E-state index >= 15 is 0 Å². The topological polar surface area (TPSA) is 79.5 Å². The van der Waals surface area contributed by atoms with Crippen LogP contribution in [0.5, 0.6) is 0 Å². The van der Waals surface area contributed by atoms with Gasteiger partial charge in [-0.2, -0.15) is 0 Å². The van der Waals surface area contributed by atoms with E-state index in [2.05, 4.69) is 25.7 Å². The van der Waals surface area contributed by atoms with E-state index in [0.717, 1.165) is 16.8 Å². The number of alkyl halides is 3. The van der Waals surface area contributed by atoms with Crippen molar-refractivity contribution in [3.8, 4) is 11.3 Å². The minimum absolute atomic E-state index is 0.240. The molecule has 3 atom stereocenters. The van der Waals surface area contributed by atoms with Crippen LogP contribution < -0.4 is 10.6 Å². The molecule has 7 nitrogen and oxygen atoms in total. The Labute approximate surface area is 183 Å². The average molecular weight is 443 g/mol. The highest BCUT2D eigenvalue weighted by molar-refractivity contribution is 5.88. The van der Waals surface area contributed by atoms with Gasteiger partial charge in [-0.25, -0.2) is 22.7 Å². The van der Waals surface area contributed by atoms with Crippen molar-refractivity contribution in [2.24, 2.45) is 4.99 Å². The molecule has 1 fully saturated rings. The molecule has 5 heterocycles. The van der Waals surface area contributed by atoms with Gasteiger partial charge in [0.1, 0.15) is 6.17 Å². The molecule has 0 aliphatic carbocycles. The second kappa shape index (κ2) is 8.50. The van der Waals surface area contributed by atoms with Crippen LogP contribution in [0.15, 0.2) is 35.6 Å². The van der Waals surface area contributed by atoms with E-state index in [-0.39, 0.29) is 18.4 Å². The Morgan fingerprint density at radius 2 is 2.16 bits per heavy atom. The number of aromatic nitrogens is 4. The summed E-state index contributed by atoms with van der Waals surface area (Å²) >= 11 is 0. The van der Waals surface area contributed by atoms with Gasteiger partial charge in [0.2, 0.25) is 12.4 Å². The molecule has 168 valence electrons. The number of anilines is 1. The summed E-state index contributed by atoms with van der Waals surface area (Å²) in [6, 6.07) is 5.15. The normalized spacial score (nSPS) is 23.3. The highest BCUT2D eigenvalue weighted by atomic mass is 19.3. The van der Waals surface area contributed by atoms with Crippen LogP contribution in [-0.2, 0) is 0 Å². The van der Waals surface area contributed by atoms with Gasteiger partial charge in [0, 0.05) is 36.4 Å². The summed E-state index contributed by atoms with van der Waals surface area (Å²) in [5, 5.41) is 10.7. The van der Waals surface area contributed by atoms with Crippen molar-refractivity contribution in [1.29, 1.82) is 0 Å². The molecule has 1 unspecified atom stereocenters. The van der Waals surface area contributed by atoms with E-state index < -0.39 is 12.6 Å². The molecule has 0 bridgehead atoms. The summed E-state index contributed by atoms with van der Waals surface area (Å²) in [4.78, 5) is 13.6. The molecule has 5 rings (SSSR count). The molecule has 2 N–H and O–H groups in total. The third-order valence-corrected chi connectivity index (χ3v) is 6.01. The molecule has 0 radical (unpaired) electrons. The van der Waals surface area contributed by atoms with E-state index in [1.807, 2.05) is 25.1 Å². The van der Waals surface area contributed by atoms with Crippen molar-refractivity contribution in [2.75, 3.05) is 18.4 Å². The molecular formula is C22H24F3N7. The molecule has 2 aliphatic rings. The number of pyridine rings is 1. The van der Waals surface area contributed by atoms with Crippen molar-refractivity contribution in [3.63, 3.8) is 0 Å². The number of fused-ring (bicyclic) bond motifs is 2. The lowest BCUT2D eigenvalue weighted by Crippen LogP contribution is -2.46. The fourth-order valence-corrected chi connectivity index (χ4v) is 4.44. The Morgan fingerprint density at radius 1 is 1.28 bits per heavy atom. The number of hydrogen-bond acceptors (Lipinski definition) is 6. The first kappa shape index (κ1) is 20.9. The van der Waals surface area contributed by atoms with Gasteiger partial charge in [-0.3, -0.25) is 9.98 Å². The van der Waals surface area contributed by atoms with Crippen molar-refractivity contribution >= 4 is 22.9 Å². The number of hydrogen-bond donors (Lipinski definition) is 2. The largest absolute Gasteiger partial charge is 0.346 e. The van der Waals surface area contributed by atoms with E-state index in [1.165, 1.54) is 0 Å². The zero-order valence-corrected chi connectivity index (χ0v) is 17.6. The van der Waals surface area contributed by atoms with Crippen LogP contribution in [0.3, 0.4) is 0 Å². The van der Waals surface area contributed by atoms with Gasteiger partial charge in [0.05, 0.1) is 34.8 Å². The van der Waals surface area contributed by atoms with E-state index in [0.29, 0.717) is 49.0 Å². The molecule has 0 aromatic carbocycles. The SMILES string of the molecule is CC1=Nc2ccc(-c3ccn4nc(N[C@H]5CNCC[C@H]5F)ncc34)nc2C(CC(F)F)C1. The molecule has 3 aromatic rings. The molecule has 32 heavy (non-hydrogen) atoms. The highest BCUT2D eigenvalue weighted by Gasteiger charge is 2.27. The molecule has 0 amide bonds. The molecular weight excluding hydrogens is 419 g/mol. The van der Waals surface area contributed by atoms with Crippen molar-refractivity contribution in [2.45, 2.75) is 50.7 Å². The maximum Gasteiger partial charge on any atom is 0.241 e. The van der Waals surface area contributed by atoms with Crippen molar-refractivity contribution < 1.29 is 13.2 Å². The van der Waals surface area contributed by atoms with Gasteiger partial charge in [0.15, 0.2) is 0 Å². The number of halogens is 3. The fraction of sp³-hybridized carbons (Fsp3) is 0.455. The Bertz CT molecular complexity index is 1160. The maximum atomic E-state index is 14.1. The van der Waals surface area contributed by atoms with Gasteiger partial charge < -0.3 is 10.6 Å². The summed E-state index contributed by atoms with van der Waals surface area (Å²) in [7, 11) is 0. The van der Waals surface area contributed by atoms with Crippen molar-refractivity contribution in [3.05, 3.63) is 36.3 Å². The predicted octanol–water partition coefficient (Wildman–Crippen LogP) is 4.14. The predicted molar refractivity (Wildman–Crippen MR) is 117 cm³/mol. The Morgan fingerprint density at radius 3 is 2.97 bits per heavy atom. The number of nitrogens with zero attached hydrogens (tertiary/aromatic N) is 5. The average Bonchev–Trinajstić information content (AvgIpc) is 3.18. The lowest BCUT2D eigenvalue weighted by molar-refractivity contribution is 0.128. The van der Waals surface area contributed by atoms with Crippen molar-refractivity contribution in [1.82, 2.24) is 24.9 Å². The van der Waals surface area contributed by atoms with E-state index in [9.17, 15) is 13.2 Å². The fourth-order valence-electron chi connectivity index (χ4n) is 4.44. The molecule has 2 aliphatic heterocycles. The van der Waals surface area contributed by atoms with Gasteiger partial charge in [-0.1, -0.05) is 0 Å². The zero-order valence-electron chi connectivity index (χ0n) is 17.6. The summed E-state index contributed by atoms with van der Waals surface area (Å²) in [5.41, 5.74) is 4.27. The van der Waals surface area contributed by atoms with Crippen LogP contribution in [0, 0.1) is 0 Å². The number of piperidine rings is 1. The standard InChI is InChI=1S/C22H24F3N7/c1-12-8-13(9-20(24)25)21-17(28-12)3-2-16(29-21)14-5-7-32-19(14)11-27-22(31-32)30-18-10-26-6-4-15(18)23/h2-3,5,7,11,13,15,18,20,26H,4,6,8-10H2,1H3,(H,30,31)/t13?,15-,18+/m1/s1. The first-order valence-corrected chi connectivity index (χ1v) is 10.8. The Hall–Kier alpha value is -3.01. The summed E-state index contributed by atoms with van der Waals surface area (Å²) in [6.45, 7) is 3.03. The van der Waals surface area contributed by atoms with Gasteiger partial charge in [-0.05, 0) is 44.5 Å². The van der Waals surface area contributed by atoms with Crippen LogP contribution in [-0.4, -0.2) is 57.0 Å². The summed E-state index contributed by atoms with van der Waals surface area (Å²) in [6.07, 6.45) is 0.779. The number of rotatable bonds is 5. The van der Waals surface area contributed by atoms with E-state index in [4.69, 9.17) is 4.98 Å². The lowest BCUT2D eigenvalue weighted by atomic mass is 9.91. The van der Waals surface area contributed by atoms with Crippen LogP contribution in [0.2, 0.25) is 0 Å². The first-order chi connectivity index (χ1) is 15.5. The van der Waals surface area contributed by atoms with Gasteiger partial charge in [0.25, 0.3) is 0 Å². The molecule has 0 spiro atoms. The lowest BCUT2D eigenvalue weighted by Gasteiger charge is -2.27. The molecule has 3 aromatic heterocycles. The smallest absolute Gasteiger partial charge is 0.241 e. The van der Waals surface area contributed by atoms with Crippen LogP contribution in [0.25, 0.3) is 16.8 Å². The first-order valence-electron chi connectivity index (χ1n) is 10.8. The second-order valence-corrected chi connectivity index (χ2v) is 8.38. The van der Waals surface area contributed by atoms with Crippen LogP contribution in [0.1, 0.15) is 37.8 Å².